The molecule has 2 N–H and O–H groups in total. The fourth-order valence-corrected chi connectivity index (χ4v) is 5.46. The molecule has 2 aromatic rings. The highest BCUT2D eigenvalue weighted by atomic mass is 16.5. The van der Waals surface area contributed by atoms with Crippen molar-refractivity contribution in [1.29, 1.82) is 0 Å². The number of methoxy groups -OCH3 is 1. The number of H-pyrrole nitrogens is 1. The van der Waals surface area contributed by atoms with Gasteiger partial charge < -0.3 is 24.8 Å². The van der Waals surface area contributed by atoms with Gasteiger partial charge in [0.15, 0.2) is 0 Å². The van der Waals surface area contributed by atoms with Crippen molar-refractivity contribution in [1.82, 2.24) is 19.8 Å². The maximum atomic E-state index is 13.2. The van der Waals surface area contributed by atoms with Crippen LogP contribution >= 0.6 is 0 Å². The minimum absolute atomic E-state index is 0.151. The number of ether oxygens (including phenoxy) is 1. The lowest BCUT2D eigenvalue weighted by molar-refractivity contribution is -0.127. The number of ketones is 1. The first-order valence-corrected chi connectivity index (χ1v) is 11.6. The van der Waals surface area contributed by atoms with Crippen LogP contribution < -0.4 is 10.1 Å². The van der Waals surface area contributed by atoms with E-state index in [1.165, 1.54) is 13.3 Å². The minimum Gasteiger partial charge on any atom is -0.494 e. The van der Waals surface area contributed by atoms with Crippen molar-refractivity contribution in [2.45, 2.75) is 25.7 Å². The van der Waals surface area contributed by atoms with Gasteiger partial charge in [0.1, 0.15) is 11.6 Å². The number of rotatable bonds is 5. The molecule has 1 aliphatic carbocycles. The largest absolute Gasteiger partial charge is 0.494 e. The number of amides is 2. The first-order chi connectivity index (χ1) is 16.0. The topological polar surface area (TPSA) is 108 Å². The van der Waals surface area contributed by atoms with E-state index in [2.05, 4.69) is 21.4 Å². The predicted octanol–water partition coefficient (Wildman–Crippen LogP) is 2.21. The van der Waals surface area contributed by atoms with Crippen LogP contribution in [-0.4, -0.2) is 77.7 Å². The summed E-state index contributed by atoms with van der Waals surface area (Å²) in [5, 5.41) is 3.53. The molecule has 0 bridgehead atoms. The zero-order chi connectivity index (χ0) is 23.1. The number of fused-ring (bicyclic) bond motifs is 2. The fourth-order valence-electron chi connectivity index (χ4n) is 5.46. The molecule has 0 radical (unpaired) electrons. The van der Waals surface area contributed by atoms with Gasteiger partial charge in [-0.05, 0) is 25.7 Å². The summed E-state index contributed by atoms with van der Waals surface area (Å²) in [6.07, 6.45) is 9.25. The molecular weight excluding hydrogens is 422 g/mol. The van der Waals surface area contributed by atoms with Gasteiger partial charge in [0.2, 0.25) is 5.91 Å². The summed E-state index contributed by atoms with van der Waals surface area (Å²) in [5.41, 5.74) is 1.84. The molecule has 174 valence electrons. The molecule has 5 rings (SSSR count). The van der Waals surface area contributed by atoms with Crippen molar-refractivity contribution in [3.63, 3.8) is 0 Å². The van der Waals surface area contributed by atoms with Crippen molar-refractivity contribution < 1.29 is 19.1 Å². The Kier molecular flexibility index (Phi) is 5.55. The molecule has 9 heteroatoms. The van der Waals surface area contributed by atoms with Gasteiger partial charge in [-0.1, -0.05) is 6.08 Å². The molecule has 4 heterocycles. The molecule has 2 atom stereocenters. The Morgan fingerprint density at radius 3 is 2.48 bits per heavy atom. The molecule has 2 saturated heterocycles. The Bertz CT molecular complexity index is 1140. The summed E-state index contributed by atoms with van der Waals surface area (Å²) >= 11 is 0. The maximum absolute atomic E-state index is 13.2. The first kappa shape index (κ1) is 21.5. The van der Waals surface area contributed by atoms with Gasteiger partial charge in [0, 0.05) is 56.8 Å². The predicted molar refractivity (Wildman–Crippen MR) is 123 cm³/mol. The molecular formula is C24H29N5O4. The molecule has 2 aromatic heterocycles. The zero-order valence-corrected chi connectivity index (χ0v) is 19.0. The Hall–Kier alpha value is -3.36. The number of hydrogen-bond donors (Lipinski definition) is 2. The number of anilines is 1. The molecule has 0 spiro atoms. The Morgan fingerprint density at radius 2 is 1.85 bits per heavy atom. The molecule has 0 saturated carbocycles. The summed E-state index contributed by atoms with van der Waals surface area (Å²) in [7, 11) is 3.25. The average Bonchev–Trinajstić information content (AvgIpc) is 3.56. The van der Waals surface area contributed by atoms with Crippen LogP contribution in [0.15, 0.2) is 24.0 Å². The fraction of sp³-hybridized carbons (Fsp3) is 0.500. The van der Waals surface area contributed by atoms with Gasteiger partial charge in [-0.25, -0.2) is 4.98 Å². The van der Waals surface area contributed by atoms with Gasteiger partial charge in [-0.2, -0.15) is 0 Å². The molecule has 2 fully saturated rings. The van der Waals surface area contributed by atoms with E-state index in [1.54, 1.807) is 18.1 Å². The zero-order valence-electron chi connectivity index (χ0n) is 19.0. The Labute approximate surface area is 192 Å². The van der Waals surface area contributed by atoms with E-state index in [4.69, 9.17) is 4.74 Å². The van der Waals surface area contributed by atoms with Crippen molar-refractivity contribution in [3.8, 4) is 5.75 Å². The summed E-state index contributed by atoms with van der Waals surface area (Å²) in [5.74, 6) is 0.519. The van der Waals surface area contributed by atoms with Gasteiger partial charge in [0.05, 0.1) is 29.8 Å². The number of aromatic amines is 1. The quantitative estimate of drug-likeness (QED) is 0.533. The lowest BCUT2D eigenvalue weighted by Gasteiger charge is -2.23. The summed E-state index contributed by atoms with van der Waals surface area (Å²) in [6, 6.07) is 0. The molecule has 9 nitrogen and oxygen atoms in total. The third kappa shape index (κ3) is 3.65. The SMILES string of the molecule is CNc1ncc(OC)c2c(C(=O)C(=O)N3CC4CN(C(=O)C5=CCCCC5)CC4C3)c[nH]c12. The van der Waals surface area contributed by atoms with Crippen molar-refractivity contribution in [2.24, 2.45) is 11.8 Å². The summed E-state index contributed by atoms with van der Waals surface area (Å²) < 4.78 is 5.40. The number of hydrogen-bond acceptors (Lipinski definition) is 6. The van der Waals surface area contributed by atoms with E-state index in [9.17, 15) is 14.4 Å². The number of pyridine rings is 1. The maximum Gasteiger partial charge on any atom is 0.295 e. The lowest BCUT2D eigenvalue weighted by Crippen LogP contribution is -2.39. The van der Waals surface area contributed by atoms with Crippen LogP contribution in [0.3, 0.4) is 0 Å². The van der Waals surface area contributed by atoms with E-state index >= 15 is 0 Å². The highest BCUT2D eigenvalue weighted by Crippen LogP contribution is 2.35. The number of likely N-dealkylation sites (tertiary alicyclic amines) is 2. The van der Waals surface area contributed by atoms with E-state index in [1.807, 2.05) is 4.90 Å². The van der Waals surface area contributed by atoms with Crippen LogP contribution in [-0.2, 0) is 9.59 Å². The number of allylic oxidation sites excluding steroid dienone is 1. The van der Waals surface area contributed by atoms with Crippen LogP contribution in [0.4, 0.5) is 5.82 Å². The van der Waals surface area contributed by atoms with Gasteiger partial charge in [-0.15, -0.1) is 0 Å². The monoisotopic (exact) mass is 451 g/mol. The normalized spacial score (nSPS) is 22.3. The van der Waals surface area contributed by atoms with Crippen LogP contribution in [0.25, 0.3) is 10.9 Å². The van der Waals surface area contributed by atoms with Gasteiger partial charge in [0.25, 0.3) is 11.7 Å². The third-order valence-corrected chi connectivity index (χ3v) is 7.20. The van der Waals surface area contributed by atoms with Crippen molar-refractivity contribution >= 4 is 34.3 Å². The first-order valence-electron chi connectivity index (χ1n) is 11.6. The lowest BCUT2D eigenvalue weighted by atomic mass is 9.99. The summed E-state index contributed by atoms with van der Waals surface area (Å²) in [6.45, 7) is 2.30. The smallest absolute Gasteiger partial charge is 0.295 e. The molecule has 2 amide bonds. The molecule has 33 heavy (non-hydrogen) atoms. The van der Waals surface area contributed by atoms with Gasteiger partial charge >= 0.3 is 0 Å². The third-order valence-electron chi connectivity index (χ3n) is 7.20. The highest BCUT2D eigenvalue weighted by molar-refractivity contribution is 6.45. The van der Waals surface area contributed by atoms with Crippen LogP contribution in [0, 0.1) is 11.8 Å². The average molecular weight is 452 g/mol. The Balaban J connectivity index is 1.29. The van der Waals surface area contributed by atoms with E-state index in [0.29, 0.717) is 48.6 Å². The number of Topliss-reactive ketones (excluding diaryl/α,β-unsaturated/α-hetero) is 1. The minimum atomic E-state index is -0.562. The van der Waals surface area contributed by atoms with Crippen LogP contribution in [0.1, 0.15) is 36.0 Å². The molecule has 2 unspecified atom stereocenters. The standard InChI is InChI=1S/C24H29N5O4/c1-25-22-20-19(18(33-2)9-27-22)17(8-26-20)21(30)24(32)29-12-15-10-28(11-16(15)13-29)23(31)14-6-4-3-5-7-14/h6,8-9,15-16,26H,3-5,7,10-13H2,1-2H3,(H,25,27). The van der Waals surface area contributed by atoms with Crippen LogP contribution in [0.5, 0.6) is 5.75 Å². The van der Waals surface area contributed by atoms with E-state index < -0.39 is 11.7 Å². The number of nitrogens with one attached hydrogen (secondary N) is 2. The second-order valence-corrected chi connectivity index (χ2v) is 9.12. The molecule has 3 aliphatic rings. The molecule has 0 aromatic carbocycles. The Morgan fingerprint density at radius 1 is 1.12 bits per heavy atom. The number of aromatic nitrogens is 2. The second kappa shape index (κ2) is 8.53. The van der Waals surface area contributed by atoms with Crippen LogP contribution in [0.2, 0.25) is 0 Å². The van der Waals surface area contributed by atoms with Gasteiger partial charge in [-0.3, -0.25) is 14.4 Å². The van der Waals surface area contributed by atoms with Crippen molar-refractivity contribution in [2.75, 3.05) is 45.7 Å². The number of carbonyl (C=O) groups excluding carboxylic acids is 3. The number of nitrogens with zero attached hydrogens (tertiary/aromatic N) is 3. The summed E-state index contributed by atoms with van der Waals surface area (Å²) in [4.78, 5) is 50.1. The number of carbonyl (C=O) groups is 3. The van der Waals surface area contributed by atoms with E-state index in [-0.39, 0.29) is 23.3 Å². The second-order valence-electron chi connectivity index (χ2n) is 9.12. The van der Waals surface area contributed by atoms with Crippen molar-refractivity contribution in [3.05, 3.63) is 29.6 Å². The molecule has 2 aliphatic heterocycles. The highest BCUT2D eigenvalue weighted by Gasteiger charge is 2.44. The van der Waals surface area contributed by atoms with E-state index in [0.717, 1.165) is 31.3 Å².